The lowest BCUT2D eigenvalue weighted by molar-refractivity contribution is 0.414. The Balaban J connectivity index is 1.78. The van der Waals surface area contributed by atoms with Crippen molar-refractivity contribution in [3.8, 4) is 5.75 Å². The first-order valence-corrected chi connectivity index (χ1v) is 7.56. The van der Waals surface area contributed by atoms with Gasteiger partial charge in [0.05, 0.1) is 18.8 Å². The number of thioether (sulfide) groups is 1. The van der Waals surface area contributed by atoms with Crippen molar-refractivity contribution in [1.82, 2.24) is 0 Å². The number of halogens is 1. The van der Waals surface area contributed by atoms with E-state index in [0.717, 1.165) is 17.3 Å². The second kappa shape index (κ2) is 5.41. The van der Waals surface area contributed by atoms with Gasteiger partial charge in [0, 0.05) is 11.8 Å². The van der Waals surface area contributed by atoms with Crippen molar-refractivity contribution in [3.63, 3.8) is 0 Å². The van der Waals surface area contributed by atoms with Crippen molar-refractivity contribution in [2.24, 2.45) is 10.9 Å². The van der Waals surface area contributed by atoms with Crippen molar-refractivity contribution in [1.29, 1.82) is 0 Å². The summed E-state index contributed by atoms with van der Waals surface area (Å²) < 4.78 is 18.9. The van der Waals surface area contributed by atoms with E-state index in [1.807, 2.05) is 0 Å². The van der Waals surface area contributed by atoms with E-state index in [4.69, 9.17) is 9.73 Å². The van der Waals surface area contributed by atoms with Crippen LogP contribution < -0.4 is 10.1 Å². The minimum atomic E-state index is -0.280. The first-order valence-electron chi connectivity index (χ1n) is 6.57. The minimum absolute atomic E-state index is 0.280. The van der Waals surface area contributed by atoms with Gasteiger partial charge in [0.1, 0.15) is 11.6 Å². The number of amidine groups is 1. The first kappa shape index (κ1) is 12.8. The molecular formula is C14H17FN2OS. The minimum Gasteiger partial charge on any atom is -0.497 e. The Morgan fingerprint density at radius 2 is 2.32 bits per heavy atom. The molecule has 1 aliphatic carbocycles. The third kappa shape index (κ3) is 2.71. The predicted octanol–water partition coefficient (Wildman–Crippen LogP) is 3.52. The molecule has 1 aliphatic heterocycles. The molecule has 1 heterocycles. The lowest BCUT2D eigenvalue weighted by Gasteiger charge is -2.23. The molecule has 3 rings (SSSR count). The largest absolute Gasteiger partial charge is 0.497 e. The molecule has 0 saturated heterocycles. The molecule has 102 valence electrons. The van der Waals surface area contributed by atoms with Crippen LogP contribution in [0.4, 0.5) is 10.1 Å². The Kier molecular flexibility index (Phi) is 3.64. The lowest BCUT2D eigenvalue weighted by atomic mass is 10.1. The molecule has 2 unspecified atom stereocenters. The molecule has 0 radical (unpaired) electrons. The molecule has 1 saturated carbocycles. The zero-order valence-corrected chi connectivity index (χ0v) is 11.7. The summed E-state index contributed by atoms with van der Waals surface area (Å²) in [6.45, 7) is 0. The fourth-order valence-corrected chi connectivity index (χ4v) is 3.82. The average molecular weight is 280 g/mol. The van der Waals surface area contributed by atoms with Crippen LogP contribution in [0.3, 0.4) is 0 Å². The topological polar surface area (TPSA) is 33.6 Å². The van der Waals surface area contributed by atoms with Gasteiger partial charge in [0.25, 0.3) is 0 Å². The molecule has 0 spiro atoms. The standard InChI is InChI=1S/C14H17FN2OS/c1-18-10-5-6-11(15)13(7-10)17-14-16-12-4-2-3-9(12)8-19-14/h5-7,9,12H,2-4,8H2,1H3,(H,16,17). The van der Waals surface area contributed by atoms with Crippen LogP contribution in [0.1, 0.15) is 19.3 Å². The number of nitrogens with zero attached hydrogens (tertiary/aromatic N) is 1. The highest BCUT2D eigenvalue weighted by atomic mass is 32.2. The molecule has 5 heteroatoms. The highest BCUT2D eigenvalue weighted by Gasteiger charge is 2.31. The third-order valence-corrected chi connectivity index (χ3v) is 4.83. The van der Waals surface area contributed by atoms with Crippen molar-refractivity contribution in [3.05, 3.63) is 24.0 Å². The van der Waals surface area contributed by atoms with Gasteiger partial charge in [-0.15, -0.1) is 0 Å². The first-order chi connectivity index (χ1) is 9.26. The zero-order chi connectivity index (χ0) is 13.2. The van der Waals surface area contributed by atoms with Crippen LogP contribution >= 0.6 is 11.8 Å². The van der Waals surface area contributed by atoms with Gasteiger partial charge in [-0.25, -0.2) is 4.39 Å². The summed E-state index contributed by atoms with van der Waals surface area (Å²) in [5.74, 6) is 2.16. The number of ether oxygens (including phenoxy) is 1. The van der Waals surface area contributed by atoms with Crippen molar-refractivity contribution in [2.75, 3.05) is 18.2 Å². The number of anilines is 1. The third-order valence-electron chi connectivity index (χ3n) is 3.75. The molecule has 1 fully saturated rings. The summed E-state index contributed by atoms with van der Waals surface area (Å²) in [7, 11) is 1.58. The summed E-state index contributed by atoms with van der Waals surface area (Å²) in [4.78, 5) is 4.70. The van der Waals surface area contributed by atoms with E-state index in [1.165, 1.54) is 18.9 Å². The van der Waals surface area contributed by atoms with E-state index in [1.54, 1.807) is 31.0 Å². The molecule has 2 aliphatic rings. The molecular weight excluding hydrogens is 263 g/mol. The number of nitrogens with one attached hydrogen (secondary N) is 1. The van der Waals surface area contributed by atoms with Crippen LogP contribution in [0.15, 0.2) is 23.2 Å². The van der Waals surface area contributed by atoms with Gasteiger partial charge in [0.2, 0.25) is 0 Å². The molecule has 2 atom stereocenters. The second-order valence-electron chi connectivity index (χ2n) is 4.97. The van der Waals surface area contributed by atoms with Gasteiger partial charge >= 0.3 is 0 Å². The number of aliphatic imine (C=N–C) groups is 1. The van der Waals surface area contributed by atoms with E-state index >= 15 is 0 Å². The zero-order valence-electron chi connectivity index (χ0n) is 10.9. The van der Waals surface area contributed by atoms with E-state index in [9.17, 15) is 4.39 Å². The van der Waals surface area contributed by atoms with E-state index in [2.05, 4.69) is 5.32 Å². The van der Waals surface area contributed by atoms with Crippen LogP contribution in [0.5, 0.6) is 5.75 Å². The van der Waals surface area contributed by atoms with E-state index in [-0.39, 0.29) is 5.82 Å². The number of benzene rings is 1. The molecule has 1 aromatic carbocycles. The van der Waals surface area contributed by atoms with E-state index < -0.39 is 0 Å². The normalized spacial score (nSPS) is 25.7. The number of hydrogen-bond donors (Lipinski definition) is 1. The lowest BCUT2D eigenvalue weighted by Crippen LogP contribution is -2.25. The SMILES string of the molecule is COc1ccc(F)c(NC2=NC3CCCC3CS2)c1. The van der Waals surface area contributed by atoms with Crippen LogP contribution in [0.2, 0.25) is 0 Å². The quantitative estimate of drug-likeness (QED) is 0.900. The monoisotopic (exact) mass is 280 g/mol. The smallest absolute Gasteiger partial charge is 0.161 e. The summed E-state index contributed by atoms with van der Waals surface area (Å²) in [5, 5.41) is 3.92. The molecule has 0 aromatic heterocycles. The van der Waals surface area contributed by atoms with Crippen molar-refractivity contribution < 1.29 is 9.13 Å². The van der Waals surface area contributed by atoms with Crippen LogP contribution in [0, 0.1) is 11.7 Å². The fraction of sp³-hybridized carbons (Fsp3) is 0.500. The van der Waals surface area contributed by atoms with Gasteiger partial charge in [-0.1, -0.05) is 18.2 Å². The molecule has 0 amide bonds. The molecule has 19 heavy (non-hydrogen) atoms. The van der Waals surface area contributed by atoms with Gasteiger partial charge in [-0.05, 0) is 30.9 Å². The van der Waals surface area contributed by atoms with Gasteiger partial charge < -0.3 is 10.1 Å². The van der Waals surface area contributed by atoms with Gasteiger partial charge in [-0.2, -0.15) is 0 Å². The van der Waals surface area contributed by atoms with Gasteiger partial charge in [0.15, 0.2) is 5.17 Å². The molecule has 1 N–H and O–H groups in total. The number of rotatable bonds is 2. The summed E-state index contributed by atoms with van der Waals surface area (Å²) in [5.41, 5.74) is 0.432. The van der Waals surface area contributed by atoms with Crippen molar-refractivity contribution >= 4 is 22.6 Å². The molecule has 1 aromatic rings. The molecule has 3 nitrogen and oxygen atoms in total. The summed E-state index contributed by atoms with van der Waals surface area (Å²) in [6, 6.07) is 5.12. The Labute approximate surface area is 116 Å². The maximum atomic E-state index is 13.7. The highest BCUT2D eigenvalue weighted by molar-refractivity contribution is 8.14. The molecule has 0 bridgehead atoms. The van der Waals surface area contributed by atoms with E-state index in [0.29, 0.717) is 23.4 Å². The van der Waals surface area contributed by atoms with Crippen LogP contribution in [0.25, 0.3) is 0 Å². The fourth-order valence-electron chi connectivity index (χ4n) is 2.67. The summed E-state index contributed by atoms with van der Waals surface area (Å²) >= 11 is 1.69. The van der Waals surface area contributed by atoms with Gasteiger partial charge in [-0.3, -0.25) is 4.99 Å². The van der Waals surface area contributed by atoms with Crippen LogP contribution in [-0.4, -0.2) is 24.1 Å². The number of methoxy groups -OCH3 is 1. The number of fused-ring (bicyclic) bond motifs is 1. The second-order valence-corrected chi connectivity index (χ2v) is 5.98. The predicted molar refractivity (Wildman–Crippen MR) is 77.6 cm³/mol. The summed E-state index contributed by atoms with van der Waals surface area (Å²) in [6.07, 6.45) is 3.71. The Morgan fingerprint density at radius 1 is 1.42 bits per heavy atom. The number of hydrogen-bond acceptors (Lipinski definition) is 4. The maximum Gasteiger partial charge on any atom is 0.161 e. The highest BCUT2D eigenvalue weighted by Crippen LogP contribution is 2.36. The van der Waals surface area contributed by atoms with Crippen molar-refractivity contribution in [2.45, 2.75) is 25.3 Å². The Bertz CT molecular complexity index is 506. The van der Waals surface area contributed by atoms with Crippen LogP contribution in [-0.2, 0) is 0 Å². The maximum absolute atomic E-state index is 13.7. The Morgan fingerprint density at radius 3 is 3.16 bits per heavy atom. The average Bonchev–Trinajstić information content (AvgIpc) is 2.89. The Hall–Kier alpha value is -1.23.